The summed E-state index contributed by atoms with van der Waals surface area (Å²) >= 11 is 0. The van der Waals surface area contributed by atoms with E-state index in [0.29, 0.717) is 26.1 Å². The van der Waals surface area contributed by atoms with Crippen molar-refractivity contribution in [2.45, 2.75) is 37.9 Å². The summed E-state index contributed by atoms with van der Waals surface area (Å²) in [6, 6.07) is 9.23. The maximum atomic E-state index is 12.4. The van der Waals surface area contributed by atoms with Gasteiger partial charge in [0, 0.05) is 19.6 Å². The average molecular weight is 349 g/mol. The Kier molecular flexibility index (Phi) is 6.92. The van der Waals surface area contributed by atoms with Crippen LogP contribution in [-0.4, -0.2) is 64.8 Å². The predicted molar refractivity (Wildman–Crippen MR) is 93.6 cm³/mol. The number of aliphatic hydroxyl groups is 2. The third-order valence-corrected chi connectivity index (χ3v) is 4.74. The van der Waals surface area contributed by atoms with Gasteiger partial charge in [-0.25, -0.2) is 0 Å². The summed E-state index contributed by atoms with van der Waals surface area (Å²) in [5.41, 5.74) is 0.0307. The number of aliphatic hydroxyl groups excluding tert-OH is 2. The zero-order valence-corrected chi connectivity index (χ0v) is 14.6. The van der Waals surface area contributed by atoms with Crippen LogP contribution in [0.4, 0.5) is 0 Å². The quantitative estimate of drug-likeness (QED) is 0.513. The molecule has 25 heavy (non-hydrogen) atoms. The van der Waals surface area contributed by atoms with Crippen LogP contribution in [-0.2, 0) is 16.1 Å². The Labute approximate surface area is 148 Å². The van der Waals surface area contributed by atoms with Gasteiger partial charge in [-0.2, -0.15) is 0 Å². The second kappa shape index (κ2) is 8.94. The van der Waals surface area contributed by atoms with Gasteiger partial charge in [0.2, 0.25) is 11.8 Å². The molecule has 0 radical (unpaired) electrons. The molecular weight excluding hydrogens is 322 g/mol. The van der Waals surface area contributed by atoms with E-state index < -0.39 is 11.6 Å². The summed E-state index contributed by atoms with van der Waals surface area (Å²) in [7, 11) is 0. The second-order valence-electron chi connectivity index (χ2n) is 6.47. The monoisotopic (exact) mass is 349 g/mol. The van der Waals surface area contributed by atoms with E-state index in [1.807, 2.05) is 35.2 Å². The molecule has 1 aromatic carbocycles. The van der Waals surface area contributed by atoms with Crippen molar-refractivity contribution >= 4 is 11.8 Å². The predicted octanol–water partition coefficient (Wildman–Crippen LogP) is -0.373. The van der Waals surface area contributed by atoms with E-state index in [2.05, 4.69) is 10.6 Å². The Morgan fingerprint density at radius 2 is 2.00 bits per heavy atom. The summed E-state index contributed by atoms with van der Waals surface area (Å²) in [6.45, 7) is 2.88. The summed E-state index contributed by atoms with van der Waals surface area (Å²) in [6.07, 6.45) is 0.386. The molecule has 0 aromatic heterocycles. The molecule has 1 aromatic rings. The molecule has 0 aliphatic carbocycles. The molecule has 0 spiro atoms. The number of hydrogen-bond acceptors (Lipinski definition) is 5. The van der Waals surface area contributed by atoms with E-state index in [1.165, 1.54) is 0 Å². The minimum atomic E-state index is -1.05. The highest BCUT2D eigenvalue weighted by atomic mass is 16.3. The van der Waals surface area contributed by atoms with Crippen LogP contribution in [0.5, 0.6) is 0 Å². The van der Waals surface area contributed by atoms with E-state index in [1.54, 1.807) is 6.92 Å². The highest BCUT2D eigenvalue weighted by Gasteiger charge is 2.34. The molecule has 1 atom stereocenters. The molecule has 1 unspecified atom stereocenters. The number of hydrogen-bond donors (Lipinski definition) is 4. The molecule has 7 nitrogen and oxygen atoms in total. The first kappa shape index (κ1) is 19.4. The van der Waals surface area contributed by atoms with Crippen LogP contribution in [0.3, 0.4) is 0 Å². The lowest BCUT2D eigenvalue weighted by molar-refractivity contribution is -0.135. The zero-order valence-electron chi connectivity index (χ0n) is 14.6. The van der Waals surface area contributed by atoms with Crippen molar-refractivity contribution in [2.24, 2.45) is 0 Å². The van der Waals surface area contributed by atoms with Crippen molar-refractivity contribution in [3.8, 4) is 0 Å². The van der Waals surface area contributed by atoms with Gasteiger partial charge in [0.25, 0.3) is 0 Å². The van der Waals surface area contributed by atoms with E-state index >= 15 is 0 Å². The Morgan fingerprint density at radius 3 is 2.60 bits per heavy atom. The molecule has 2 amide bonds. The molecule has 0 bridgehead atoms. The number of amides is 2. The van der Waals surface area contributed by atoms with E-state index in [9.17, 15) is 19.8 Å². The van der Waals surface area contributed by atoms with Crippen LogP contribution < -0.4 is 10.6 Å². The lowest BCUT2D eigenvalue weighted by Crippen LogP contribution is -2.59. The molecule has 1 saturated heterocycles. The maximum Gasteiger partial charge on any atom is 0.237 e. The molecular formula is C18H27N3O4. The highest BCUT2D eigenvalue weighted by Crippen LogP contribution is 2.15. The van der Waals surface area contributed by atoms with Gasteiger partial charge in [-0.15, -0.1) is 0 Å². The van der Waals surface area contributed by atoms with E-state index in [-0.39, 0.29) is 31.4 Å². The topological polar surface area (TPSA) is 102 Å². The lowest BCUT2D eigenvalue weighted by Gasteiger charge is -2.36. The minimum absolute atomic E-state index is 0.0135. The Balaban J connectivity index is 2.05. The first-order chi connectivity index (χ1) is 12.0. The first-order valence-electron chi connectivity index (χ1n) is 8.62. The number of piperazine rings is 1. The number of carbonyl (C=O) groups excluding carboxylic acids is 2. The van der Waals surface area contributed by atoms with Crippen LogP contribution in [0.2, 0.25) is 0 Å². The van der Waals surface area contributed by atoms with Gasteiger partial charge in [-0.05, 0) is 12.0 Å². The molecule has 4 N–H and O–H groups in total. The van der Waals surface area contributed by atoms with E-state index in [0.717, 1.165) is 5.56 Å². The number of rotatable bonds is 8. The SMILES string of the molecule is CCC(CO)(CO)NC(=O)CC1C(=O)NCCN1Cc1ccccc1. The minimum Gasteiger partial charge on any atom is -0.394 e. The van der Waals surface area contributed by atoms with Crippen molar-refractivity contribution in [1.29, 1.82) is 0 Å². The zero-order chi connectivity index (χ0) is 18.3. The molecule has 1 aliphatic heterocycles. The van der Waals surface area contributed by atoms with E-state index in [4.69, 9.17) is 0 Å². The largest absolute Gasteiger partial charge is 0.394 e. The summed E-state index contributed by atoms with van der Waals surface area (Å²) < 4.78 is 0. The average Bonchev–Trinajstić information content (AvgIpc) is 2.63. The van der Waals surface area contributed by atoms with Crippen molar-refractivity contribution in [3.63, 3.8) is 0 Å². The fraction of sp³-hybridized carbons (Fsp3) is 0.556. The van der Waals surface area contributed by atoms with Gasteiger partial charge in [0.15, 0.2) is 0 Å². The van der Waals surface area contributed by atoms with Gasteiger partial charge in [-0.3, -0.25) is 14.5 Å². The smallest absolute Gasteiger partial charge is 0.237 e. The normalized spacial score (nSPS) is 18.7. The Morgan fingerprint density at radius 1 is 1.32 bits per heavy atom. The van der Waals surface area contributed by atoms with Crippen LogP contribution in [0.1, 0.15) is 25.3 Å². The molecule has 138 valence electrons. The summed E-state index contributed by atoms with van der Waals surface area (Å²) in [5, 5.41) is 24.4. The fourth-order valence-corrected chi connectivity index (χ4v) is 2.95. The third-order valence-electron chi connectivity index (χ3n) is 4.74. The number of nitrogens with one attached hydrogen (secondary N) is 2. The van der Waals surface area contributed by atoms with Crippen LogP contribution >= 0.6 is 0 Å². The molecule has 1 fully saturated rings. The van der Waals surface area contributed by atoms with Gasteiger partial charge >= 0.3 is 0 Å². The number of nitrogens with zero attached hydrogens (tertiary/aromatic N) is 1. The van der Waals surface area contributed by atoms with Crippen molar-refractivity contribution in [2.75, 3.05) is 26.3 Å². The highest BCUT2D eigenvalue weighted by molar-refractivity contribution is 5.89. The standard InChI is InChI=1S/C18H27N3O4/c1-2-18(12-22,13-23)20-16(24)10-15-17(25)19-8-9-21(15)11-14-6-4-3-5-7-14/h3-7,15,22-23H,2,8-13H2,1H3,(H,19,25)(H,20,24). The summed E-state index contributed by atoms with van der Waals surface area (Å²) in [4.78, 5) is 26.7. The second-order valence-corrected chi connectivity index (χ2v) is 6.47. The lowest BCUT2D eigenvalue weighted by atomic mass is 9.97. The third kappa shape index (κ3) is 5.01. The fourth-order valence-electron chi connectivity index (χ4n) is 2.95. The van der Waals surface area contributed by atoms with Crippen molar-refractivity contribution in [1.82, 2.24) is 15.5 Å². The van der Waals surface area contributed by atoms with Crippen LogP contribution in [0.25, 0.3) is 0 Å². The van der Waals surface area contributed by atoms with Gasteiger partial charge in [0.05, 0.1) is 31.2 Å². The Bertz CT molecular complexity index is 567. The molecule has 1 aliphatic rings. The van der Waals surface area contributed by atoms with Crippen LogP contribution in [0, 0.1) is 0 Å². The van der Waals surface area contributed by atoms with Gasteiger partial charge in [-0.1, -0.05) is 37.3 Å². The Hall–Kier alpha value is -1.96. The first-order valence-corrected chi connectivity index (χ1v) is 8.62. The molecule has 2 rings (SSSR count). The van der Waals surface area contributed by atoms with Gasteiger partial charge in [0.1, 0.15) is 0 Å². The van der Waals surface area contributed by atoms with Crippen molar-refractivity contribution in [3.05, 3.63) is 35.9 Å². The molecule has 0 saturated carbocycles. The van der Waals surface area contributed by atoms with Crippen LogP contribution in [0.15, 0.2) is 30.3 Å². The molecule has 1 heterocycles. The maximum absolute atomic E-state index is 12.4. The number of benzene rings is 1. The van der Waals surface area contributed by atoms with Gasteiger partial charge < -0.3 is 20.8 Å². The summed E-state index contributed by atoms with van der Waals surface area (Å²) in [5.74, 6) is -0.530. The van der Waals surface area contributed by atoms with Crippen molar-refractivity contribution < 1.29 is 19.8 Å². The number of carbonyl (C=O) groups is 2. The molecule has 7 heteroatoms.